The van der Waals surface area contributed by atoms with E-state index in [0.717, 1.165) is 27.4 Å². The van der Waals surface area contributed by atoms with E-state index in [1.54, 1.807) is 33.9 Å². The molecule has 1 amide bonds. The van der Waals surface area contributed by atoms with Crippen LogP contribution in [0.1, 0.15) is 6.92 Å². The Morgan fingerprint density at radius 2 is 1.87 bits per heavy atom. The summed E-state index contributed by atoms with van der Waals surface area (Å²) in [6.45, 7) is 2.05. The summed E-state index contributed by atoms with van der Waals surface area (Å²) in [5.41, 5.74) is 4.43. The first-order valence-electron chi connectivity index (χ1n) is 8.98. The number of fused-ring (bicyclic) bond motifs is 1. The van der Waals surface area contributed by atoms with Gasteiger partial charge in [-0.3, -0.25) is 19.6 Å². The van der Waals surface area contributed by atoms with E-state index in [1.165, 1.54) is 11.3 Å². The standard InChI is InChI=1S/C20H15ClN2OS2.CH4N2O/c1-2-25-20-22-18-17(16(12-26-18)13-6-4-3-5-7-13)19(24)23(20)15-10-8-14(21)9-11-15;2-3-1-4/h3-12H,2H2,1H3;1H,2H2,(H,3,4). The molecular formula is C21H19ClN4O2S2. The topological polar surface area (TPSA) is 90.0 Å². The van der Waals surface area contributed by atoms with E-state index in [0.29, 0.717) is 22.0 Å². The quantitative estimate of drug-likeness (QED) is 0.115. The molecule has 0 radical (unpaired) electrons. The van der Waals surface area contributed by atoms with Gasteiger partial charge in [0.05, 0.1) is 11.1 Å². The van der Waals surface area contributed by atoms with Crippen LogP contribution < -0.4 is 16.8 Å². The maximum absolute atomic E-state index is 13.4. The number of nitrogens with zero attached hydrogens (tertiary/aromatic N) is 2. The number of thiophene rings is 1. The van der Waals surface area contributed by atoms with Crippen molar-refractivity contribution in [3.05, 3.63) is 75.4 Å². The Kier molecular flexibility index (Phi) is 7.64. The number of nitrogens with two attached hydrogens (primary N) is 1. The average molecular weight is 459 g/mol. The van der Waals surface area contributed by atoms with E-state index >= 15 is 0 Å². The molecular weight excluding hydrogens is 440 g/mol. The summed E-state index contributed by atoms with van der Waals surface area (Å²) >= 11 is 9.09. The molecule has 0 atom stereocenters. The Hall–Kier alpha value is -2.65. The van der Waals surface area contributed by atoms with Crippen LogP contribution in [0.2, 0.25) is 5.02 Å². The summed E-state index contributed by atoms with van der Waals surface area (Å²) in [4.78, 5) is 27.9. The van der Waals surface area contributed by atoms with Gasteiger partial charge < -0.3 is 0 Å². The van der Waals surface area contributed by atoms with Gasteiger partial charge in [-0.1, -0.05) is 60.6 Å². The van der Waals surface area contributed by atoms with Crippen molar-refractivity contribution in [1.82, 2.24) is 15.0 Å². The fraction of sp³-hybridized carbons (Fsp3) is 0.0952. The van der Waals surface area contributed by atoms with Crippen LogP contribution in [0.25, 0.3) is 27.0 Å². The number of thioether (sulfide) groups is 1. The minimum Gasteiger partial charge on any atom is -0.297 e. The third kappa shape index (κ3) is 4.73. The van der Waals surface area contributed by atoms with Crippen molar-refractivity contribution in [1.29, 1.82) is 0 Å². The molecule has 9 heteroatoms. The van der Waals surface area contributed by atoms with Crippen molar-refractivity contribution in [2.75, 3.05) is 5.75 Å². The second kappa shape index (κ2) is 10.4. The first-order valence-corrected chi connectivity index (χ1v) is 11.2. The molecule has 30 heavy (non-hydrogen) atoms. The minimum atomic E-state index is -0.0478. The van der Waals surface area contributed by atoms with Gasteiger partial charge in [0, 0.05) is 16.0 Å². The number of rotatable bonds is 5. The average Bonchev–Trinajstić information content (AvgIpc) is 3.20. The zero-order chi connectivity index (χ0) is 21.5. The number of carbonyl (C=O) groups is 1. The SMILES string of the molecule is CCSc1nc2scc(-c3ccccc3)c2c(=O)n1-c1ccc(Cl)cc1.NNC=O. The molecule has 0 aliphatic rings. The van der Waals surface area contributed by atoms with Gasteiger partial charge in [-0.05, 0) is 35.6 Å². The highest BCUT2D eigenvalue weighted by Crippen LogP contribution is 2.32. The third-order valence-electron chi connectivity index (χ3n) is 4.09. The molecule has 0 spiro atoms. The lowest BCUT2D eigenvalue weighted by molar-refractivity contribution is -0.109. The van der Waals surface area contributed by atoms with Crippen molar-refractivity contribution < 1.29 is 4.79 Å². The highest BCUT2D eigenvalue weighted by Gasteiger charge is 2.18. The van der Waals surface area contributed by atoms with Crippen molar-refractivity contribution in [2.24, 2.45) is 5.84 Å². The van der Waals surface area contributed by atoms with Gasteiger partial charge in [0.25, 0.3) is 5.56 Å². The molecule has 6 nitrogen and oxygen atoms in total. The van der Waals surface area contributed by atoms with Gasteiger partial charge in [-0.25, -0.2) is 10.8 Å². The molecule has 2 heterocycles. The lowest BCUT2D eigenvalue weighted by atomic mass is 10.1. The molecule has 4 rings (SSSR count). The van der Waals surface area contributed by atoms with Gasteiger partial charge in [0.1, 0.15) is 4.83 Å². The molecule has 154 valence electrons. The third-order valence-corrected chi connectivity index (χ3v) is 6.03. The maximum atomic E-state index is 13.4. The van der Waals surface area contributed by atoms with Crippen LogP contribution in [0.15, 0.2) is 69.9 Å². The lowest BCUT2D eigenvalue weighted by Gasteiger charge is -2.12. The minimum absolute atomic E-state index is 0.0478. The molecule has 0 saturated carbocycles. The molecule has 4 aromatic rings. The summed E-state index contributed by atoms with van der Waals surface area (Å²) in [6, 6.07) is 17.2. The lowest BCUT2D eigenvalue weighted by Crippen LogP contribution is -2.21. The molecule has 0 bridgehead atoms. The van der Waals surface area contributed by atoms with Gasteiger partial charge in [-0.15, -0.1) is 11.3 Å². The molecule has 0 saturated heterocycles. The summed E-state index contributed by atoms with van der Waals surface area (Å²) in [6.07, 6.45) is 0.403. The molecule has 0 fully saturated rings. The monoisotopic (exact) mass is 458 g/mol. The number of aromatic nitrogens is 2. The molecule has 2 aromatic heterocycles. The largest absolute Gasteiger partial charge is 0.297 e. The molecule has 0 aliphatic carbocycles. The van der Waals surface area contributed by atoms with Crippen LogP contribution >= 0.6 is 34.7 Å². The first-order chi connectivity index (χ1) is 14.6. The van der Waals surface area contributed by atoms with E-state index in [4.69, 9.17) is 21.4 Å². The number of benzene rings is 2. The smallest absolute Gasteiger partial charge is 0.268 e. The van der Waals surface area contributed by atoms with Crippen molar-refractivity contribution in [3.63, 3.8) is 0 Å². The summed E-state index contributed by atoms with van der Waals surface area (Å²) < 4.78 is 1.69. The van der Waals surface area contributed by atoms with Gasteiger partial charge in [-0.2, -0.15) is 0 Å². The molecule has 2 aromatic carbocycles. The number of amides is 1. The Bertz CT molecular complexity index is 1190. The van der Waals surface area contributed by atoms with Crippen LogP contribution in [-0.2, 0) is 4.79 Å². The molecule has 0 aliphatic heterocycles. The van der Waals surface area contributed by atoms with E-state index in [9.17, 15) is 4.79 Å². The fourth-order valence-corrected chi connectivity index (χ4v) is 4.70. The Labute approximate surface area is 186 Å². The number of halogens is 1. The van der Waals surface area contributed by atoms with E-state index < -0.39 is 0 Å². The number of hydrogen-bond donors (Lipinski definition) is 2. The second-order valence-electron chi connectivity index (χ2n) is 5.92. The van der Waals surface area contributed by atoms with Crippen LogP contribution in [-0.4, -0.2) is 21.7 Å². The summed E-state index contributed by atoms with van der Waals surface area (Å²) in [7, 11) is 0. The Balaban J connectivity index is 0.000000589. The molecule has 0 unspecified atom stereocenters. The highest BCUT2D eigenvalue weighted by atomic mass is 35.5. The predicted octanol–water partition coefficient (Wildman–Crippen LogP) is 4.49. The number of nitrogens with one attached hydrogen (secondary N) is 1. The van der Waals surface area contributed by atoms with Crippen LogP contribution in [0.5, 0.6) is 0 Å². The van der Waals surface area contributed by atoms with Crippen LogP contribution in [0.3, 0.4) is 0 Å². The normalized spacial score (nSPS) is 10.4. The Morgan fingerprint density at radius 3 is 2.47 bits per heavy atom. The number of carbonyl (C=O) groups excluding carboxylic acids is 1. The van der Waals surface area contributed by atoms with E-state index in [2.05, 4.69) is 12.8 Å². The highest BCUT2D eigenvalue weighted by molar-refractivity contribution is 7.99. The maximum Gasteiger partial charge on any atom is 0.268 e. The number of hydrazine groups is 1. The zero-order valence-electron chi connectivity index (χ0n) is 16.0. The van der Waals surface area contributed by atoms with Crippen molar-refractivity contribution >= 4 is 51.3 Å². The van der Waals surface area contributed by atoms with E-state index in [1.807, 2.05) is 47.8 Å². The van der Waals surface area contributed by atoms with Crippen molar-refractivity contribution in [2.45, 2.75) is 12.1 Å². The van der Waals surface area contributed by atoms with Gasteiger partial charge in [0.2, 0.25) is 6.41 Å². The Morgan fingerprint density at radius 1 is 1.20 bits per heavy atom. The van der Waals surface area contributed by atoms with E-state index in [-0.39, 0.29) is 5.56 Å². The van der Waals surface area contributed by atoms with Gasteiger partial charge >= 0.3 is 0 Å². The molecule has 3 N–H and O–H groups in total. The van der Waals surface area contributed by atoms with Crippen LogP contribution in [0, 0.1) is 0 Å². The zero-order valence-corrected chi connectivity index (χ0v) is 18.4. The fourth-order valence-electron chi connectivity index (χ4n) is 2.85. The van der Waals surface area contributed by atoms with Crippen molar-refractivity contribution in [3.8, 4) is 16.8 Å². The number of hydrogen-bond acceptors (Lipinski definition) is 6. The first kappa shape index (κ1) is 22.0. The second-order valence-corrected chi connectivity index (χ2v) is 8.45. The predicted molar refractivity (Wildman–Crippen MR) is 125 cm³/mol. The van der Waals surface area contributed by atoms with Crippen LogP contribution in [0.4, 0.5) is 0 Å². The summed E-state index contributed by atoms with van der Waals surface area (Å²) in [5.74, 6) is 5.25. The summed E-state index contributed by atoms with van der Waals surface area (Å²) in [5, 5.41) is 4.02. The van der Waals surface area contributed by atoms with Gasteiger partial charge in [0.15, 0.2) is 5.16 Å².